The lowest BCUT2D eigenvalue weighted by Gasteiger charge is -2.33. The summed E-state index contributed by atoms with van der Waals surface area (Å²) < 4.78 is 3.54. The molecule has 0 atom stereocenters. The summed E-state index contributed by atoms with van der Waals surface area (Å²) in [5.74, 6) is 1.48. The number of benzene rings is 1. The van der Waals surface area contributed by atoms with Gasteiger partial charge in [0.05, 0.1) is 17.6 Å². The van der Waals surface area contributed by atoms with Crippen LogP contribution in [0.2, 0.25) is 10.0 Å². The number of aromatic nitrogens is 5. The molecule has 5 rings (SSSR count). The highest BCUT2D eigenvalue weighted by molar-refractivity contribution is 6.33. The molecule has 1 aliphatic carbocycles. The van der Waals surface area contributed by atoms with Crippen LogP contribution in [0.1, 0.15) is 43.5 Å². The van der Waals surface area contributed by atoms with Crippen molar-refractivity contribution < 1.29 is 0 Å². The van der Waals surface area contributed by atoms with E-state index in [0.717, 1.165) is 31.8 Å². The molecule has 2 fully saturated rings. The topological polar surface area (TPSA) is 68.8 Å². The Bertz CT molecular complexity index is 1080. The van der Waals surface area contributed by atoms with Gasteiger partial charge in [0.15, 0.2) is 0 Å². The SMILES string of the molecule is O=c1c(Cl)c(N2CCC(c3nncn3C3CC3)CC2)cnn1-c1ccc(Cl)cc1. The Kier molecular flexibility index (Phi) is 4.80. The van der Waals surface area contributed by atoms with E-state index in [4.69, 9.17) is 23.2 Å². The fourth-order valence-electron chi connectivity index (χ4n) is 3.97. The quantitative estimate of drug-likeness (QED) is 0.628. The number of nitrogens with zero attached hydrogens (tertiary/aromatic N) is 6. The highest BCUT2D eigenvalue weighted by Crippen LogP contribution is 2.39. The van der Waals surface area contributed by atoms with Gasteiger partial charge in [-0.25, -0.2) is 0 Å². The molecular formula is C20H20Cl2N6O. The van der Waals surface area contributed by atoms with E-state index >= 15 is 0 Å². The monoisotopic (exact) mass is 430 g/mol. The van der Waals surface area contributed by atoms with Gasteiger partial charge in [0.2, 0.25) is 0 Å². The van der Waals surface area contributed by atoms with Crippen molar-refractivity contribution in [1.82, 2.24) is 24.5 Å². The molecule has 0 radical (unpaired) electrons. The van der Waals surface area contributed by atoms with Crippen molar-refractivity contribution >= 4 is 28.9 Å². The smallest absolute Gasteiger partial charge is 0.292 e. The third-order valence-electron chi connectivity index (χ3n) is 5.71. The maximum absolute atomic E-state index is 12.8. The van der Waals surface area contributed by atoms with Gasteiger partial charge < -0.3 is 9.47 Å². The number of hydrogen-bond donors (Lipinski definition) is 0. The van der Waals surface area contributed by atoms with E-state index in [1.54, 1.807) is 30.5 Å². The molecule has 1 saturated carbocycles. The molecule has 150 valence electrons. The fraction of sp³-hybridized carbons (Fsp3) is 0.400. The summed E-state index contributed by atoms with van der Waals surface area (Å²) in [7, 11) is 0. The Hall–Kier alpha value is -2.38. The van der Waals surface area contributed by atoms with Gasteiger partial charge in [-0.1, -0.05) is 23.2 Å². The standard InChI is InChI=1S/C20H20Cl2N6O/c21-14-1-3-16(4-2-14)28-20(29)18(22)17(11-24-28)26-9-7-13(8-10-26)19-25-23-12-27(19)15-5-6-15/h1-4,11-13,15H,5-10H2. The van der Waals surface area contributed by atoms with Crippen molar-refractivity contribution in [3.63, 3.8) is 0 Å². The van der Waals surface area contributed by atoms with Crippen molar-refractivity contribution in [3.05, 3.63) is 63.0 Å². The van der Waals surface area contributed by atoms with Gasteiger partial charge in [-0.15, -0.1) is 10.2 Å². The predicted molar refractivity (Wildman–Crippen MR) is 112 cm³/mol. The van der Waals surface area contributed by atoms with Crippen LogP contribution in [-0.4, -0.2) is 37.6 Å². The van der Waals surface area contributed by atoms with E-state index in [1.807, 2.05) is 6.33 Å². The molecule has 3 heterocycles. The first kappa shape index (κ1) is 18.6. The summed E-state index contributed by atoms with van der Waals surface area (Å²) >= 11 is 12.4. The first-order valence-electron chi connectivity index (χ1n) is 9.80. The van der Waals surface area contributed by atoms with Crippen molar-refractivity contribution in [2.45, 2.75) is 37.6 Å². The van der Waals surface area contributed by atoms with E-state index in [0.29, 0.717) is 28.4 Å². The molecule has 0 spiro atoms. The molecule has 2 aromatic heterocycles. The molecule has 9 heteroatoms. The molecule has 3 aromatic rings. The van der Waals surface area contributed by atoms with Crippen LogP contribution in [0.4, 0.5) is 5.69 Å². The summed E-state index contributed by atoms with van der Waals surface area (Å²) in [6, 6.07) is 7.51. The lowest BCUT2D eigenvalue weighted by atomic mass is 9.95. The molecule has 29 heavy (non-hydrogen) atoms. The van der Waals surface area contributed by atoms with Crippen LogP contribution in [0.3, 0.4) is 0 Å². The van der Waals surface area contributed by atoms with E-state index in [1.165, 1.54) is 17.5 Å². The first-order chi connectivity index (χ1) is 14.1. The van der Waals surface area contributed by atoms with Crippen LogP contribution in [0.15, 0.2) is 41.6 Å². The highest BCUT2D eigenvalue weighted by atomic mass is 35.5. The second-order valence-electron chi connectivity index (χ2n) is 7.63. The summed E-state index contributed by atoms with van der Waals surface area (Å²) in [5, 5.41) is 13.6. The van der Waals surface area contributed by atoms with Crippen LogP contribution in [-0.2, 0) is 0 Å². The molecule has 0 amide bonds. The molecule has 7 nitrogen and oxygen atoms in total. The van der Waals surface area contributed by atoms with Crippen LogP contribution in [0, 0.1) is 0 Å². The van der Waals surface area contributed by atoms with E-state index in [9.17, 15) is 4.79 Å². The molecule has 2 aliphatic rings. The van der Waals surface area contributed by atoms with Gasteiger partial charge >= 0.3 is 0 Å². The fourth-order valence-corrected chi connectivity index (χ4v) is 4.34. The normalized spacial score (nSPS) is 17.7. The maximum atomic E-state index is 12.8. The zero-order chi connectivity index (χ0) is 20.0. The van der Waals surface area contributed by atoms with Gasteiger partial charge in [0, 0.05) is 30.1 Å². The number of anilines is 1. The van der Waals surface area contributed by atoms with Crippen LogP contribution in [0.5, 0.6) is 0 Å². The minimum absolute atomic E-state index is 0.189. The van der Waals surface area contributed by atoms with Crippen molar-refractivity contribution in [1.29, 1.82) is 0 Å². The van der Waals surface area contributed by atoms with Gasteiger partial charge in [-0.05, 0) is 49.9 Å². The van der Waals surface area contributed by atoms with Gasteiger partial charge in [0.25, 0.3) is 5.56 Å². The highest BCUT2D eigenvalue weighted by Gasteiger charge is 2.31. The summed E-state index contributed by atoms with van der Waals surface area (Å²) in [5.41, 5.74) is 0.983. The predicted octanol–water partition coefficient (Wildman–Crippen LogP) is 3.85. The average Bonchev–Trinajstić information content (AvgIpc) is 3.47. The number of halogens is 2. The Balaban J connectivity index is 1.34. The zero-order valence-corrected chi connectivity index (χ0v) is 17.2. The van der Waals surface area contributed by atoms with Crippen LogP contribution < -0.4 is 10.5 Å². The summed E-state index contributed by atoms with van der Waals surface area (Å²) in [6.07, 6.45) is 7.86. The third kappa shape index (κ3) is 3.53. The Labute approximate surface area is 177 Å². The number of hydrogen-bond acceptors (Lipinski definition) is 5. The minimum Gasteiger partial charge on any atom is -0.369 e. The lowest BCUT2D eigenvalue weighted by molar-refractivity contribution is 0.464. The van der Waals surface area contributed by atoms with E-state index in [-0.39, 0.29) is 10.6 Å². The molecule has 0 N–H and O–H groups in total. The second kappa shape index (κ2) is 7.46. The largest absolute Gasteiger partial charge is 0.369 e. The second-order valence-corrected chi connectivity index (χ2v) is 8.44. The third-order valence-corrected chi connectivity index (χ3v) is 6.32. The van der Waals surface area contributed by atoms with Crippen LogP contribution in [0.25, 0.3) is 5.69 Å². The van der Waals surface area contributed by atoms with Crippen molar-refractivity contribution in [2.75, 3.05) is 18.0 Å². The molecular weight excluding hydrogens is 411 g/mol. The summed E-state index contributed by atoms with van der Waals surface area (Å²) in [4.78, 5) is 14.9. The minimum atomic E-state index is -0.331. The number of rotatable bonds is 4. The van der Waals surface area contributed by atoms with E-state index in [2.05, 4.69) is 24.8 Å². The Morgan fingerprint density at radius 3 is 2.41 bits per heavy atom. The maximum Gasteiger partial charge on any atom is 0.292 e. The van der Waals surface area contributed by atoms with E-state index < -0.39 is 0 Å². The van der Waals surface area contributed by atoms with Crippen molar-refractivity contribution in [2.24, 2.45) is 0 Å². The average molecular weight is 431 g/mol. The van der Waals surface area contributed by atoms with Crippen LogP contribution >= 0.6 is 23.2 Å². The first-order valence-corrected chi connectivity index (χ1v) is 10.6. The van der Waals surface area contributed by atoms with Gasteiger partial charge in [-0.2, -0.15) is 9.78 Å². The molecule has 0 unspecified atom stereocenters. The number of piperidine rings is 1. The lowest BCUT2D eigenvalue weighted by Crippen LogP contribution is -2.35. The molecule has 1 aliphatic heterocycles. The molecule has 1 saturated heterocycles. The van der Waals surface area contributed by atoms with Gasteiger partial charge in [0.1, 0.15) is 17.2 Å². The van der Waals surface area contributed by atoms with Gasteiger partial charge in [-0.3, -0.25) is 4.79 Å². The molecule has 1 aromatic carbocycles. The summed E-state index contributed by atoms with van der Waals surface area (Å²) in [6.45, 7) is 1.60. The molecule has 0 bridgehead atoms. The Morgan fingerprint density at radius 1 is 1.00 bits per heavy atom. The Morgan fingerprint density at radius 2 is 1.72 bits per heavy atom. The van der Waals surface area contributed by atoms with Crippen molar-refractivity contribution in [3.8, 4) is 5.69 Å². The zero-order valence-electron chi connectivity index (χ0n) is 15.7.